The third kappa shape index (κ3) is 4.61. The third-order valence-electron chi connectivity index (χ3n) is 9.62. The molecule has 11 heteroatoms. The van der Waals surface area contributed by atoms with E-state index in [4.69, 9.17) is 21.6 Å². The number of anilines is 2. The summed E-state index contributed by atoms with van der Waals surface area (Å²) in [5, 5.41) is 9.60. The van der Waals surface area contributed by atoms with Gasteiger partial charge in [-0.05, 0) is 71.5 Å². The lowest BCUT2D eigenvalue weighted by atomic mass is 9.93. The van der Waals surface area contributed by atoms with Crippen molar-refractivity contribution in [1.29, 1.82) is 0 Å². The number of carbonyl (C=O) groups is 1. The molecule has 2 atom stereocenters. The molecule has 0 spiro atoms. The Labute approximate surface area is 261 Å². The zero-order chi connectivity index (χ0) is 31.0. The SMILES string of the molecule is C=CC(=O)N1C[C@H](C)N(c2nc(N3CC(N(C)C)C3)nc3c(F)c(-c4c(C)ccc5[nH]nc(C6CC6)c45)c(Cl)cc23)C[C@@H]1C. The van der Waals surface area contributed by atoms with Gasteiger partial charge in [0.1, 0.15) is 11.3 Å². The average molecular weight is 617 g/mol. The summed E-state index contributed by atoms with van der Waals surface area (Å²) in [7, 11) is 4.12. The molecule has 2 saturated heterocycles. The molecule has 0 unspecified atom stereocenters. The second kappa shape index (κ2) is 10.7. The molecule has 0 bridgehead atoms. The number of hydrogen-bond acceptors (Lipinski definition) is 7. The van der Waals surface area contributed by atoms with Crippen molar-refractivity contribution in [2.45, 2.75) is 57.7 Å². The molecule has 4 heterocycles. The van der Waals surface area contributed by atoms with Gasteiger partial charge in [0.25, 0.3) is 0 Å². The van der Waals surface area contributed by atoms with E-state index < -0.39 is 5.82 Å². The fraction of sp³-hybridized carbons (Fsp3) is 0.455. The molecule has 3 fully saturated rings. The standard InChI is InChI=1S/C33H38ClFN8O/c1-7-25(44)42-13-19(4)43(14-18(42)3)32-22-12-23(34)27(26-17(2)8-11-24-28(26)30(39-38-24)20-9-10-20)29(35)31(22)36-33(37-32)41-15-21(16-41)40(5)6/h7-8,11-12,18-21H,1,9-10,13-16H2,2-6H3,(H,38,39)/t18-,19-/m0/s1. The van der Waals surface area contributed by atoms with Crippen LogP contribution >= 0.6 is 11.6 Å². The van der Waals surface area contributed by atoms with Gasteiger partial charge in [0.2, 0.25) is 11.9 Å². The number of amides is 1. The zero-order valence-electron chi connectivity index (χ0n) is 25.9. The highest BCUT2D eigenvalue weighted by Crippen LogP contribution is 2.48. The van der Waals surface area contributed by atoms with Crippen molar-refractivity contribution in [1.82, 2.24) is 30.0 Å². The lowest BCUT2D eigenvalue weighted by Crippen LogP contribution is -2.59. The number of nitrogens with one attached hydrogen (secondary N) is 1. The molecular formula is C33H38ClFN8O. The molecule has 3 aliphatic rings. The second-order valence-electron chi connectivity index (χ2n) is 12.9. The van der Waals surface area contributed by atoms with E-state index in [0.29, 0.717) is 52.8 Å². The van der Waals surface area contributed by atoms with E-state index in [1.165, 1.54) is 6.08 Å². The first-order valence-corrected chi connectivity index (χ1v) is 15.7. The Morgan fingerprint density at radius 2 is 1.86 bits per heavy atom. The van der Waals surface area contributed by atoms with Crippen molar-refractivity contribution in [2.75, 3.05) is 50.1 Å². The minimum Gasteiger partial charge on any atom is -0.349 e. The molecule has 2 aromatic heterocycles. The van der Waals surface area contributed by atoms with Crippen LogP contribution < -0.4 is 9.80 Å². The first-order chi connectivity index (χ1) is 21.1. The van der Waals surface area contributed by atoms with E-state index in [2.05, 4.69) is 52.5 Å². The number of nitrogens with zero attached hydrogens (tertiary/aromatic N) is 7. The highest BCUT2D eigenvalue weighted by atomic mass is 35.5. The molecule has 1 amide bonds. The molecule has 0 radical (unpaired) electrons. The highest BCUT2D eigenvalue weighted by Gasteiger charge is 2.37. The van der Waals surface area contributed by atoms with Crippen LogP contribution in [0.3, 0.4) is 0 Å². The number of hydrogen-bond donors (Lipinski definition) is 1. The summed E-state index contributed by atoms with van der Waals surface area (Å²) in [4.78, 5) is 30.8. The maximum atomic E-state index is 17.2. The molecule has 44 heavy (non-hydrogen) atoms. The fourth-order valence-corrected chi connectivity index (χ4v) is 7.05. The summed E-state index contributed by atoms with van der Waals surface area (Å²) >= 11 is 7.06. The van der Waals surface area contributed by atoms with Crippen LogP contribution in [-0.4, -0.2) is 94.3 Å². The quantitative estimate of drug-likeness (QED) is 0.286. The number of halogens is 2. The maximum Gasteiger partial charge on any atom is 0.246 e. The van der Waals surface area contributed by atoms with E-state index in [1.807, 2.05) is 36.9 Å². The summed E-state index contributed by atoms with van der Waals surface area (Å²) in [5.74, 6) is 0.951. The van der Waals surface area contributed by atoms with Gasteiger partial charge < -0.3 is 19.6 Å². The van der Waals surface area contributed by atoms with Crippen LogP contribution in [0, 0.1) is 12.7 Å². The van der Waals surface area contributed by atoms with Crippen molar-refractivity contribution >= 4 is 51.1 Å². The number of aromatic nitrogens is 4. The number of benzene rings is 2. The molecule has 1 saturated carbocycles. The Kier molecular flexibility index (Phi) is 7.05. The largest absolute Gasteiger partial charge is 0.349 e. The van der Waals surface area contributed by atoms with Gasteiger partial charge in [0.05, 0.1) is 16.2 Å². The number of piperazine rings is 1. The maximum absolute atomic E-state index is 17.2. The molecule has 1 aliphatic carbocycles. The topological polar surface area (TPSA) is 84.5 Å². The van der Waals surface area contributed by atoms with Crippen LogP contribution in [0.25, 0.3) is 32.9 Å². The van der Waals surface area contributed by atoms with E-state index in [9.17, 15) is 4.79 Å². The van der Waals surface area contributed by atoms with Crippen LogP contribution in [0.15, 0.2) is 30.9 Å². The molecule has 2 aliphatic heterocycles. The molecule has 4 aromatic rings. The normalized spacial score (nSPS) is 21.0. The molecule has 2 aromatic carbocycles. The van der Waals surface area contributed by atoms with Crippen molar-refractivity contribution in [3.8, 4) is 11.1 Å². The predicted octanol–water partition coefficient (Wildman–Crippen LogP) is 5.51. The second-order valence-corrected chi connectivity index (χ2v) is 13.3. The summed E-state index contributed by atoms with van der Waals surface area (Å²) in [6.07, 6.45) is 3.51. The molecule has 1 N–H and O–H groups in total. The first kappa shape index (κ1) is 29.0. The predicted molar refractivity (Wildman–Crippen MR) is 174 cm³/mol. The van der Waals surface area contributed by atoms with Crippen LogP contribution in [0.2, 0.25) is 5.02 Å². The number of aryl methyl sites for hydroxylation is 1. The third-order valence-corrected chi connectivity index (χ3v) is 9.92. The summed E-state index contributed by atoms with van der Waals surface area (Å²) in [6.45, 7) is 12.3. The van der Waals surface area contributed by atoms with Gasteiger partial charge >= 0.3 is 0 Å². The summed E-state index contributed by atoms with van der Waals surface area (Å²) < 4.78 is 17.2. The van der Waals surface area contributed by atoms with Gasteiger partial charge in [-0.2, -0.15) is 10.1 Å². The van der Waals surface area contributed by atoms with Gasteiger partial charge in [-0.3, -0.25) is 9.89 Å². The molecule has 7 rings (SSSR count). The van der Waals surface area contributed by atoms with E-state index >= 15 is 4.39 Å². The van der Waals surface area contributed by atoms with Crippen molar-refractivity contribution < 1.29 is 9.18 Å². The van der Waals surface area contributed by atoms with Gasteiger partial charge in [0.15, 0.2) is 5.82 Å². The van der Waals surface area contributed by atoms with Gasteiger partial charge in [0, 0.05) is 72.1 Å². The monoisotopic (exact) mass is 616 g/mol. The number of likely N-dealkylation sites (N-methyl/N-ethyl adjacent to an activating group) is 1. The van der Waals surface area contributed by atoms with E-state index in [0.717, 1.165) is 53.7 Å². The summed E-state index contributed by atoms with van der Waals surface area (Å²) in [6, 6.07) is 6.02. The highest BCUT2D eigenvalue weighted by molar-refractivity contribution is 6.35. The number of fused-ring (bicyclic) bond motifs is 2. The van der Waals surface area contributed by atoms with Crippen molar-refractivity contribution in [3.63, 3.8) is 0 Å². The van der Waals surface area contributed by atoms with Gasteiger partial charge in [-0.25, -0.2) is 9.37 Å². The minimum atomic E-state index is -0.457. The van der Waals surface area contributed by atoms with E-state index in [1.54, 1.807) is 0 Å². The fourth-order valence-electron chi connectivity index (χ4n) is 6.77. The van der Waals surface area contributed by atoms with E-state index in [-0.39, 0.29) is 23.5 Å². The van der Waals surface area contributed by atoms with Gasteiger partial charge in [-0.1, -0.05) is 24.2 Å². The number of carbonyl (C=O) groups excluding carboxylic acids is 1. The average Bonchev–Trinajstić information content (AvgIpc) is 3.72. The lowest BCUT2D eigenvalue weighted by Gasteiger charge is -2.45. The van der Waals surface area contributed by atoms with Crippen LogP contribution in [0.1, 0.15) is 43.9 Å². The Morgan fingerprint density at radius 3 is 2.55 bits per heavy atom. The van der Waals surface area contributed by atoms with Crippen molar-refractivity contribution in [2.24, 2.45) is 0 Å². The smallest absolute Gasteiger partial charge is 0.246 e. The number of rotatable bonds is 6. The summed E-state index contributed by atoms with van der Waals surface area (Å²) in [5.41, 5.74) is 4.13. The minimum absolute atomic E-state index is 0.0727. The Balaban J connectivity index is 1.42. The van der Waals surface area contributed by atoms with Crippen LogP contribution in [-0.2, 0) is 4.79 Å². The van der Waals surface area contributed by atoms with Gasteiger partial charge in [-0.15, -0.1) is 0 Å². The van der Waals surface area contributed by atoms with Crippen molar-refractivity contribution in [3.05, 3.63) is 53.0 Å². The lowest BCUT2D eigenvalue weighted by molar-refractivity contribution is -0.128. The Hall–Kier alpha value is -3.76. The first-order valence-electron chi connectivity index (χ1n) is 15.4. The molecular weight excluding hydrogens is 579 g/mol. The van der Waals surface area contributed by atoms with Crippen LogP contribution in [0.5, 0.6) is 0 Å². The Bertz CT molecular complexity index is 1810. The number of aromatic amines is 1. The molecule has 230 valence electrons. The number of H-pyrrole nitrogens is 1. The molecule has 9 nitrogen and oxygen atoms in total. The van der Waals surface area contributed by atoms with Crippen LogP contribution in [0.4, 0.5) is 16.2 Å². The zero-order valence-corrected chi connectivity index (χ0v) is 26.6. The Morgan fingerprint density at radius 1 is 1.11 bits per heavy atom.